The van der Waals surface area contributed by atoms with Gasteiger partial charge in [-0.2, -0.15) is 0 Å². The van der Waals surface area contributed by atoms with Gasteiger partial charge in [0.05, 0.1) is 23.7 Å². The Kier molecular flexibility index (Phi) is 5.07. The second-order valence-corrected chi connectivity index (χ2v) is 5.38. The van der Waals surface area contributed by atoms with Gasteiger partial charge in [0.25, 0.3) is 0 Å². The average molecular weight is 330 g/mol. The number of hydrogen-bond acceptors (Lipinski definition) is 4. The molecule has 3 unspecified atom stereocenters. The molecule has 1 fully saturated rings. The zero-order chi connectivity index (χ0) is 13.8. The molecule has 0 aromatic heterocycles. The minimum Gasteiger partial charge on any atom is -0.495 e. The van der Waals surface area contributed by atoms with E-state index < -0.39 is 0 Å². The molecule has 0 amide bonds. The Morgan fingerprint density at radius 2 is 2.16 bits per heavy atom. The summed E-state index contributed by atoms with van der Waals surface area (Å²) < 4.78 is 17.3. The molecule has 1 aliphatic rings. The molecule has 0 saturated heterocycles. The summed E-state index contributed by atoms with van der Waals surface area (Å²) in [7, 11) is 3.39. The van der Waals surface area contributed by atoms with Crippen molar-refractivity contribution in [1.82, 2.24) is 0 Å². The molecule has 1 saturated carbocycles. The van der Waals surface area contributed by atoms with E-state index in [1.54, 1.807) is 14.2 Å². The molecule has 4 nitrogen and oxygen atoms in total. The molecule has 0 heterocycles. The molecular weight excluding hydrogens is 310 g/mol. The van der Waals surface area contributed by atoms with Crippen molar-refractivity contribution in [3.63, 3.8) is 0 Å². The minimum absolute atomic E-state index is 0.106. The largest absolute Gasteiger partial charge is 0.495 e. The van der Waals surface area contributed by atoms with Crippen LogP contribution in [0.3, 0.4) is 0 Å². The van der Waals surface area contributed by atoms with Gasteiger partial charge in [0, 0.05) is 25.5 Å². The second-order valence-electron chi connectivity index (χ2n) is 4.53. The third kappa shape index (κ3) is 3.22. The van der Waals surface area contributed by atoms with Gasteiger partial charge in [-0.15, -0.1) is 0 Å². The van der Waals surface area contributed by atoms with Crippen LogP contribution in [0.25, 0.3) is 0 Å². The fraction of sp³-hybridized carbons (Fsp3) is 0.571. The predicted molar refractivity (Wildman–Crippen MR) is 78.9 cm³/mol. The summed E-state index contributed by atoms with van der Waals surface area (Å²) in [6.45, 7) is 2.73. The van der Waals surface area contributed by atoms with Gasteiger partial charge >= 0.3 is 0 Å². The normalized spacial score (nSPS) is 25.8. The first-order valence-electron chi connectivity index (χ1n) is 6.44. The molecule has 106 valence electrons. The van der Waals surface area contributed by atoms with E-state index >= 15 is 0 Å². The Hall–Kier alpha value is -0.780. The van der Waals surface area contributed by atoms with Gasteiger partial charge in [-0.25, -0.2) is 0 Å². The first-order chi connectivity index (χ1) is 9.19. The number of halogens is 1. The number of ether oxygens (including phenoxy) is 3. The molecule has 0 bridgehead atoms. The van der Waals surface area contributed by atoms with Gasteiger partial charge in [0.2, 0.25) is 0 Å². The van der Waals surface area contributed by atoms with Gasteiger partial charge in [-0.1, -0.05) is 0 Å². The first-order valence-corrected chi connectivity index (χ1v) is 7.23. The smallest absolute Gasteiger partial charge is 0.135 e. The summed E-state index contributed by atoms with van der Waals surface area (Å²) in [4.78, 5) is 0. The van der Waals surface area contributed by atoms with Gasteiger partial charge in [-0.05, 0) is 41.4 Å². The van der Waals surface area contributed by atoms with Crippen LogP contribution in [0.2, 0.25) is 0 Å². The Labute approximate surface area is 122 Å². The van der Waals surface area contributed by atoms with Gasteiger partial charge < -0.3 is 19.5 Å². The fourth-order valence-corrected chi connectivity index (χ4v) is 2.79. The topological polar surface area (TPSA) is 39.7 Å². The summed E-state index contributed by atoms with van der Waals surface area (Å²) in [6.07, 6.45) is 1.27. The van der Waals surface area contributed by atoms with Crippen LogP contribution in [0.5, 0.6) is 5.75 Å². The van der Waals surface area contributed by atoms with Crippen LogP contribution < -0.4 is 10.1 Å². The number of rotatable bonds is 6. The standard InChI is InChI=1S/C14H20BrNO3/c1-4-19-13-8-11(14(13)18-3)16-9-5-6-10(15)12(7-9)17-2/h5-7,11,13-14,16H,4,8H2,1-3H3. The maximum Gasteiger partial charge on any atom is 0.135 e. The predicted octanol–water partition coefficient (Wildman–Crippen LogP) is 3.06. The van der Waals surface area contributed by atoms with Gasteiger partial charge in [0.15, 0.2) is 0 Å². The van der Waals surface area contributed by atoms with Crippen LogP contribution in [-0.4, -0.2) is 39.1 Å². The van der Waals surface area contributed by atoms with Crippen molar-refractivity contribution < 1.29 is 14.2 Å². The molecule has 0 spiro atoms. The summed E-state index contributed by atoms with van der Waals surface area (Å²) in [6, 6.07) is 6.26. The van der Waals surface area contributed by atoms with Crippen molar-refractivity contribution in [2.24, 2.45) is 0 Å². The molecule has 1 N–H and O–H groups in total. The zero-order valence-corrected chi connectivity index (χ0v) is 13.1. The molecule has 5 heteroatoms. The highest BCUT2D eigenvalue weighted by Crippen LogP contribution is 2.32. The molecule has 0 radical (unpaired) electrons. The Morgan fingerprint density at radius 1 is 1.37 bits per heavy atom. The highest BCUT2D eigenvalue weighted by molar-refractivity contribution is 9.10. The lowest BCUT2D eigenvalue weighted by atomic mass is 9.85. The van der Waals surface area contributed by atoms with E-state index in [1.165, 1.54) is 0 Å². The van der Waals surface area contributed by atoms with Crippen molar-refractivity contribution in [2.75, 3.05) is 26.1 Å². The fourth-order valence-electron chi connectivity index (χ4n) is 2.38. The zero-order valence-electron chi connectivity index (χ0n) is 11.5. The van der Waals surface area contributed by atoms with E-state index in [-0.39, 0.29) is 18.2 Å². The average Bonchev–Trinajstić information content (AvgIpc) is 2.39. The number of anilines is 1. The monoisotopic (exact) mass is 329 g/mol. The molecule has 3 atom stereocenters. The van der Waals surface area contributed by atoms with E-state index in [0.29, 0.717) is 0 Å². The number of hydrogen-bond donors (Lipinski definition) is 1. The van der Waals surface area contributed by atoms with E-state index in [4.69, 9.17) is 14.2 Å². The molecular formula is C14H20BrNO3. The Bertz CT molecular complexity index is 427. The number of methoxy groups -OCH3 is 2. The highest BCUT2D eigenvalue weighted by atomic mass is 79.9. The molecule has 0 aliphatic heterocycles. The Balaban J connectivity index is 1.98. The van der Waals surface area contributed by atoms with Crippen molar-refractivity contribution in [3.05, 3.63) is 22.7 Å². The van der Waals surface area contributed by atoms with Crippen molar-refractivity contribution in [3.8, 4) is 5.75 Å². The van der Waals surface area contributed by atoms with Crippen LogP contribution >= 0.6 is 15.9 Å². The van der Waals surface area contributed by atoms with E-state index in [1.807, 2.05) is 25.1 Å². The SMILES string of the molecule is CCOC1CC(Nc2ccc(Br)c(OC)c2)C1OC. The van der Waals surface area contributed by atoms with Gasteiger partial charge in [0.1, 0.15) is 11.9 Å². The van der Waals surface area contributed by atoms with Crippen LogP contribution in [0.1, 0.15) is 13.3 Å². The third-order valence-electron chi connectivity index (χ3n) is 3.41. The lowest BCUT2D eigenvalue weighted by Gasteiger charge is -2.43. The van der Waals surface area contributed by atoms with Crippen molar-refractivity contribution >= 4 is 21.6 Å². The Morgan fingerprint density at radius 3 is 2.79 bits per heavy atom. The minimum atomic E-state index is 0.106. The first kappa shape index (κ1) is 14.6. The number of benzene rings is 1. The molecule has 19 heavy (non-hydrogen) atoms. The summed E-state index contributed by atoms with van der Waals surface area (Å²) in [5.74, 6) is 0.819. The summed E-state index contributed by atoms with van der Waals surface area (Å²) in [5, 5.41) is 3.46. The van der Waals surface area contributed by atoms with Crippen LogP contribution in [0, 0.1) is 0 Å². The van der Waals surface area contributed by atoms with E-state index in [0.717, 1.165) is 28.9 Å². The highest BCUT2D eigenvalue weighted by Gasteiger charge is 2.42. The quantitative estimate of drug-likeness (QED) is 0.870. The maximum atomic E-state index is 5.62. The second kappa shape index (κ2) is 6.59. The molecule has 2 rings (SSSR count). The lowest BCUT2D eigenvalue weighted by Crippen LogP contribution is -2.56. The third-order valence-corrected chi connectivity index (χ3v) is 4.06. The molecule has 1 aromatic carbocycles. The van der Waals surface area contributed by atoms with Crippen LogP contribution in [0.4, 0.5) is 5.69 Å². The van der Waals surface area contributed by atoms with Crippen molar-refractivity contribution in [2.45, 2.75) is 31.6 Å². The molecule has 1 aliphatic carbocycles. The van der Waals surface area contributed by atoms with Crippen molar-refractivity contribution in [1.29, 1.82) is 0 Å². The van der Waals surface area contributed by atoms with Crippen LogP contribution in [-0.2, 0) is 9.47 Å². The van der Waals surface area contributed by atoms with Crippen LogP contribution in [0.15, 0.2) is 22.7 Å². The number of nitrogens with one attached hydrogen (secondary N) is 1. The van der Waals surface area contributed by atoms with Gasteiger partial charge in [-0.3, -0.25) is 0 Å². The lowest BCUT2D eigenvalue weighted by molar-refractivity contribution is -0.118. The summed E-state index contributed by atoms with van der Waals surface area (Å²) >= 11 is 3.45. The maximum absolute atomic E-state index is 5.62. The van der Waals surface area contributed by atoms with E-state index in [9.17, 15) is 0 Å². The molecule has 1 aromatic rings. The summed E-state index contributed by atoms with van der Waals surface area (Å²) in [5.41, 5.74) is 1.03. The van der Waals surface area contributed by atoms with E-state index in [2.05, 4.69) is 21.2 Å².